The molecule has 0 aromatic heterocycles. The van der Waals surface area contributed by atoms with E-state index in [-0.39, 0.29) is 5.48 Å². The Hall–Kier alpha value is 0.750. The smallest absolute Gasteiger partial charge is 0.412 e. The van der Waals surface area contributed by atoms with Crippen molar-refractivity contribution in [3.8, 4) is 0 Å². The second-order valence-electron chi connectivity index (χ2n) is 1.06. The molecule has 1 nitrogen and oxygen atoms in total. The molecule has 0 unspecified atom stereocenters. The summed E-state index contributed by atoms with van der Waals surface area (Å²) in [4.78, 5) is 0. The molecule has 6 heavy (non-hydrogen) atoms. The van der Waals surface area contributed by atoms with Gasteiger partial charge in [-0.3, -0.25) is 0 Å². The second kappa shape index (κ2) is 9.23. The fourth-order valence-corrected chi connectivity index (χ4v) is 0.968. The van der Waals surface area contributed by atoms with Gasteiger partial charge < -0.3 is 5.48 Å². The summed E-state index contributed by atoms with van der Waals surface area (Å²) in [7, 11) is 0. The number of hydrogen-bond donors (Lipinski definition) is 0. The van der Waals surface area contributed by atoms with E-state index < -0.39 is 0 Å². The molecule has 0 atom stereocenters. The molecule has 0 aromatic rings. The average Bonchev–Trinajstić information content (AvgIpc) is 1.41. The molecule has 0 amide bonds. The molecule has 0 fully saturated rings. The normalized spacial score (nSPS) is 7.00. The third kappa shape index (κ3) is 8.83. The Kier molecular flexibility index (Phi) is 15.2. The van der Waals surface area contributed by atoms with Crippen LogP contribution in [0.15, 0.2) is 0 Å². The van der Waals surface area contributed by atoms with Crippen molar-refractivity contribution >= 4 is 22.3 Å². The third-order valence-electron chi connectivity index (χ3n) is 0.498. The van der Waals surface area contributed by atoms with Crippen molar-refractivity contribution in [2.24, 2.45) is 0 Å². The minimum absolute atomic E-state index is 0. The van der Waals surface area contributed by atoms with Gasteiger partial charge in [0.1, 0.15) is 0 Å². The number of rotatable bonds is 2. The van der Waals surface area contributed by atoms with Crippen LogP contribution in [0.3, 0.4) is 0 Å². The van der Waals surface area contributed by atoms with Crippen LogP contribution in [0.5, 0.6) is 0 Å². The quantitative estimate of drug-likeness (QED) is 0.586. The fraction of sp³-hybridized carbons (Fsp3) is 1.00. The zero-order chi connectivity index (χ0) is 4.12. The zero-order valence-electron chi connectivity index (χ0n) is 4.03. The molecule has 0 aliphatic carbocycles. The topological polar surface area (TPSA) is 31.5 Å². The monoisotopic (exact) mass is 205 g/mol. The van der Waals surface area contributed by atoms with Crippen LogP contribution in [0.25, 0.3) is 0 Å². The molecule has 0 heterocycles. The van der Waals surface area contributed by atoms with Crippen LogP contribution in [0.4, 0.5) is 0 Å². The maximum Gasteiger partial charge on any atom is -0.412 e. The number of unbranched alkanes of at least 4 members (excludes halogenated alkanes) is 1. The van der Waals surface area contributed by atoms with Crippen molar-refractivity contribution in [3.05, 3.63) is 0 Å². The van der Waals surface area contributed by atoms with Crippen molar-refractivity contribution < 1.29 is 5.48 Å². The van der Waals surface area contributed by atoms with Crippen LogP contribution in [0, 0.1) is 0 Å². The maximum absolute atomic E-state index is 2.21. The molecule has 0 bridgehead atoms. The molecular formula is C4H11OTe. The van der Waals surface area contributed by atoms with E-state index in [1.807, 2.05) is 0 Å². The Morgan fingerprint density at radius 1 is 1.50 bits per heavy atom. The molecular weight excluding hydrogens is 192 g/mol. The zero-order valence-corrected chi connectivity index (χ0v) is 6.36. The van der Waals surface area contributed by atoms with Gasteiger partial charge in [0, 0.05) is 0 Å². The Balaban J connectivity index is 0. The summed E-state index contributed by atoms with van der Waals surface area (Å²) >= 11 is 2.15. The van der Waals surface area contributed by atoms with E-state index in [1.165, 1.54) is 17.3 Å². The van der Waals surface area contributed by atoms with E-state index in [0.717, 1.165) is 0 Å². The van der Waals surface area contributed by atoms with Gasteiger partial charge in [0.2, 0.25) is 0 Å². The summed E-state index contributed by atoms with van der Waals surface area (Å²) in [5.41, 5.74) is 0. The fourth-order valence-electron chi connectivity index (χ4n) is 0.144. The molecule has 0 aliphatic heterocycles. The molecule has 2 heteroatoms. The minimum Gasteiger partial charge on any atom is -0.412 e. The van der Waals surface area contributed by atoms with Gasteiger partial charge in [-0.15, -0.1) is 0 Å². The van der Waals surface area contributed by atoms with Gasteiger partial charge in [0.15, 0.2) is 0 Å². The second-order valence-corrected chi connectivity index (χ2v) is 2.22. The average molecular weight is 203 g/mol. The first kappa shape index (κ1) is 9.89. The van der Waals surface area contributed by atoms with Crippen LogP contribution in [0.2, 0.25) is 4.47 Å². The Bertz CT molecular complexity index is 15.0. The molecule has 0 spiro atoms. The predicted octanol–water partition coefficient (Wildman–Crippen LogP) is 0.549. The van der Waals surface area contributed by atoms with Gasteiger partial charge in [-0.2, -0.15) is 0 Å². The number of hydrogen-bond acceptors (Lipinski definition) is 0. The van der Waals surface area contributed by atoms with E-state index in [4.69, 9.17) is 0 Å². The van der Waals surface area contributed by atoms with Gasteiger partial charge in [0.05, 0.1) is 0 Å². The van der Waals surface area contributed by atoms with Crippen molar-refractivity contribution in [3.63, 3.8) is 0 Å². The van der Waals surface area contributed by atoms with E-state index >= 15 is 0 Å². The third-order valence-corrected chi connectivity index (χ3v) is 1.32. The van der Waals surface area contributed by atoms with Crippen molar-refractivity contribution in [2.45, 2.75) is 24.2 Å². The van der Waals surface area contributed by atoms with E-state index in [2.05, 4.69) is 29.2 Å². The van der Waals surface area contributed by atoms with Crippen molar-refractivity contribution in [1.29, 1.82) is 0 Å². The van der Waals surface area contributed by atoms with Crippen LogP contribution >= 0.6 is 0 Å². The van der Waals surface area contributed by atoms with Gasteiger partial charge >= 0.3 is 46.5 Å². The summed E-state index contributed by atoms with van der Waals surface area (Å²) < 4.78 is 1.35. The molecule has 0 aromatic carbocycles. The summed E-state index contributed by atoms with van der Waals surface area (Å²) in [6, 6.07) is 0. The SMILES string of the molecule is CCCC[Te].O. The van der Waals surface area contributed by atoms with Crippen LogP contribution in [-0.2, 0) is 0 Å². The minimum atomic E-state index is 0. The summed E-state index contributed by atoms with van der Waals surface area (Å²) in [6.07, 6.45) is 2.74. The van der Waals surface area contributed by atoms with E-state index in [0.29, 0.717) is 0 Å². The maximum atomic E-state index is 2.21. The molecule has 2 N–H and O–H groups in total. The van der Waals surface area contributed by atoms with Crippen molar-refractivity contribution in [1.82, 2.24) is 0 Å². The van der Waals surface area contributed by atoms with Crippen LogP contribution in [-0.4, -0.2) is 27.8 Å². The van der Waals surface area contributed by atoms with Crippen LogP contribution < -0.4 is 0 Å². The summed E-state index contributed by atoms with van der Waals surface area (Å²) in [5, 5.41) is 0. The molecule has 0 aliphatic rings. The Labute approximate surface area is 52.3 Å². The molecule has 0 rings (SSSR count). The molecule has 0 saturated heterocycles. The molecule has 0 saturated carbocycles. The molecule has 39 valence electrons. The molecule has 1 radical (unpaired) electrons. The first-order chi connectivity index (χ1) is 2.41. The first-order valence-corrected chi connectivity index (χ1v) is 3.64. The summed E-state index contributed by atoms with van der Waals surface area (Å²) in [6.45, 7) is 2.21. The van der Waals surface area contributed by atoms with Gasteiger partial charge in [-0.05, 0) is 0 Å². The Morgan fingerprint density at radius 3 is 2.00 bits per heavy atom. The predicted molar refractivity (Wildman–Crippen MR) is 29.1 cm³/mol. The Morgan fingerprint density at radius 2 is 2.00 bits per heavy atom. The van der Waals surface area contributed by atoms with Gasteiger partial charge in [0.25, 0.3) is 0 Å². The van der Waals surface area contributed by atoms with E-state index in [1.54, 1.807) is 0 Å². The van der Waals surface area contributed by atoms with E-state index in [9.17, 15) is 0 Å². The standard InChI is InChI=1S/C4H9Te.H2O/c1-2-3-4-5;/h2-4H2,1H3;1H2. The summed E-state index contributed by atoms with van der Waals surface area (Å²) in [5.74, 6) is 0. The van der Waals surface area contributed by atoms with Crippen molar-refractivity contribution in [2.75, 3.05) is 0 Å². The largest absolute Gasteiger partial charge is 0.412 e. The first-order valence-electron chi connectivity index (χ1n) is 2.00. The van der Waals surface area contributed by atoms with Gasteiger partial charge in [-0.1, -0.05) is 0 Å². The van der Waals surface area contributed by atoms with Crippen LogP contribution in [0.1, 0.15) is 19.8 Å². The van der Waals surface area contributed by atoms with Gasteiger partial charge in [-0.25, -0.2) is 0 Å².